The van der Waals surface area contributed by atoms with Gasteiger partial charge in [-0.15, -0.1) is 6.58 Å². The highest BCUT2D eigenvalue weighted by atomic mass is 14.6. The molecule has 0 radical (unpaired) electrons. The van der Waals surface area contributed by atoms with E-state index in [0.29, 0.717) is 12.0 Å². The Kier molecular flexibility index (Phi) is 4.41. The third-order valence-electron chi connectivity index (χ3n) is 1.74. The molecule has 2 N–H and O–H groups in total. The molecule has 54 valence electrons. The van der Waals surface area contributed by atoms with E-state index < -0.39 is 0 Å². The molecule has 0 aromatic heterocycles. The van der Waals surface area contributed by atoms with Crippen LogP contribution >= 0.6 is 0 Å². The minimum Gasteiger partial charge on any atom is -0.328 e. The average Bonchev–Trinajstić information content (AvgIpc) is 1.82. The lowest BCUT2D eigenvalue weighted by Crippen LogP contribution is -2.25. The molecule has 2 unspecified atom stereocenters. The van der Waals surface area contributed by atoms with Crippen LogP contribution < -0.4 is 5.73 Å². The van der Waals surface area contributed by atoms with Gasteiger partial charge in [-0.3, -0.25) is 0 Å². The minimum atomic E-state index is 0.313. The topological polar surface area (TPSA) is 26.0 Å². The summed E-state index contributed by atoms with van der Waals surface area (Å²) in [6, 6.07) is 0.313. The van der Waals surface area contributed by atoms with Crippen LogP contribution in [0.4, 0.5) is 0 Å². The average molecular weight is 127 g/mol. The van der Waals surface area contributed by atoms with E-state index in [1.807, 2.05) is 6.08 Å². The van der Waals surface area contributed by atoms with Gasteiger partial charge in [0, 0.05) is 6.04 Å². The largest absolute Gasteiger partial charge is 0.328 e. The van der Waals surface area contributed by atoms with E-state index in [4.69, 9.17) is 5.73 Å². The van der Waals surface area contributed by atoms with Crippen LogP contribution in [0, 0.1) is 5.92 Å². The molecule has 0 heterocycles. The van der Waals surface area contributed by atoms with Crippen molar-refractivity contribution in [2.24, 2.45) is 11.7 Å². The zero-order valence-electron chi connectivity index (χ0n) is 6.43. The monoisotopic (exact) mass is 127 g/mol. The Balaban J connectivity index is 3.53. The second-order valence-electron chi connectivity index (χ2n) is 2.55. The number of allylic oxidation sites excluding steroid dienone is 1. The van der Waals surface area contributed by atoms with E-state index in [0.717, 1.165) is 12.8 Å². The Bertz CT molecular complexity index is 76.6. The Morgan fingerprint density at radius 1 is 1.67 bits per heavy atom. The van der Waals surface area contributed by atoms with Gasteiger partial charge >= 0.3 is 0 Å². The van der Waals surface area contributed by atoms with Crippen molar-refractivity contribution in [1.29, 1.82) is 0 Å². The first-order valence-electron chi connectivity index (χ1n) is 3.58. The van der Waals surface area contributed by atoms with Crippen LogP contribution in [0.1, 0.15) is 26.7 Å². The Morgan fingerprint density at radius 3 is 2.33 bits per heavy atom. The summed E-state index contributed by atoms with van der Waals surface area (Å²) in [7, 11) is 0. The van der Waals surface area contributed by atoms with Crippen LogP contribution in [0.25, 0.3) is 0 Å². The van der Waals surface area contributed by atoms with E-state index in [9.17, 15) is 0 Å². The molecular weight excluding hydrogens is 110 g/mol. The van der Waals surface area contributed by atoms with Crippen LogP contribution in [0.2, 0.25) is 0 Å². The molecule has 0 aromatic rings. The van der Waals surface area contributed by atoms with Gasteiger partial charge in [0.25, 0.3) is 0 Å². The minimum absolute atomic E-state index is 0.313. The maximum Gasteiger partial charge on any atom is 0.00416 e. The molecule has 0 saturated heterocycles. The maximum atomic E-state index is 5.69. The van der Waals surface area contributed by atoms with Crippen molar-refractivity contribution < 1.29 is 0 Å². The van der Waals surface area contributed by atoms with E-state index in [1.54, 1.807) is 0 Å². The molecule has 0 aliphatic carbocycles. The molecule has 0 fully saturated rings. The summed E-state index contributed by atoms with van der Waals surface area (Å²) in [5.41, 5.74) is 5.69. The summed E-state index contributed by atoms with van der Waals surface area (Å²) < 4.78 is 0. The summed E-state index contributed by atoms with van der Waals surface area (Å²) >= 11 is 0. The molecule has 0 aliphatic heterocycles. The number of hydrogen-bond donors (Lipinski definition) is 1. The lowest BCUT2D eigenvalue weighted by atomic mass is 9.96. The molecular formula is C8H17N. The maximum absolute atomic E-state index is 5.69. The number of rotatable bonds is 4. The Morgan fingerprint density at radius 2 is 2.22 bits per heavy atom. The third kappa shape index (κ3) is 3.31. The van der Waals surface area contributed by atoms with Crippen molar-refractivity contribution >= 4 is 0 Å². The number of hydrogen-bond acceptors (Lipinski definition) is 1. The Labute approximate surface area is 57.9 Å². The number of nitrogens with two attached hydrogens (primary N) is 1. The summed E-state index contributed by atoms with van der Waals surface area (Å²) in [5.74, 6) is 0.627. The highest BCUT2D eigenvalue weighted by molar-refractivity contribution is 4.76. The Hall–Kier alpha value is -0.300. The zero-order valence-corrected chi connectivity index (χ0v) is 6.43. The van der Waals surface area contributed by atoms with Crippen LogP contribution in [-0.2, 0) is 0 Å². The summed E-state index contributed by atoms with van der Waals surface area (Å²) in [5, 5.41) is 0. The fraction of sp³-hybridized carbons (Fsp3) is 0.750. The van der Waals surface area contributed by atoms with Gasteiger partial charge in [-0.2, -0.15) is 0 Å². The predicted octanol–water partition coefficient (Wildman–Crippen LogP) is 1.94. The van der Waals surface area contributed by atoms with Crippen LogP contribution in [-0.4, -0.2) is 6.04 Å². The van der Waals surface area contributed by atoms with E-state index in [2.05, 4.69) is 20.4 Å². The highest BCUT2D eigenvalue weighted by Crippen LogP contribution is 2.11. The van der Waals surface area contributed by atoms with E-state index in [1.165, 1.54) is 0 Å². The first kappa shape index (κ1) is 8.70. The van der Waals surface area contributed by atoms with Crippen molar-refractivity contribution in [3.63, 3.8) is 0 Å². The van der Waals surface area contributed by atoms with Crippen molar-refractivity contribution in [3.05, 3.63) is 12.7 Å². The second kappa shape index (κ2) is 4.57. The van der Waals surface area contributed by atoms with E-state index >= 15 is 0 Å². The fourth-order valence-electron chi connectivity index (χ4n) is 0.967. The van der Waals surface area contributed by atoms with Gasteiger partial charge < -0.3 is 5.73 Å². The standard InChI is InChI=1S/C8H17N/c1-4-6-8(5-2)7(3)9/h4,7-8H,1,5-6,9H2,2-3H3. The quantitative estimate of drug-likeness (QED) is 0.574. The molecule has 0 aliphatic rings. The van der Waals surface area contributed by atoms with Gasteiger partial charge in [0.1, 0.15) is 0 Å². The van der Waals surface area contributed by atoms with Crippen LogP contribution in [0.15, 0.2) is 12.7 Å². The lowest BCUT2D eigenvalue weighted by molar-refractivity contribution is 0.435. The van der Waals surface area contributed by atoms with Crippen molar-refractivity contribution in [3.8, 4) is 0 Å². The van der Waals surface area contributed by atoms with Crippen molar-refractivity contribution in [1.82, 2.24) is 0 Å². The van der Waals surface area contributed by atoms with Crippen LogP contribution in [0.5, 0.6) is 0 Å². The first-order chi connectivity index (χ1) is 4.22. The predicted molar refractivity (Wildman–Crippen MR) is 42.2 cm³/mol. The molecule has 0 rings (SSSR count). The second-order valence-corrected chi connectivity index (χ2v) is 2.55. The smallest absolute Gasteiger partial charge is 0.00416 e. The van der Waals surface area contributed by atoms with Gasteiger partial charge in [-0.25, -0.2) is 0 Å². The van der Waals surface area contributed by atoms with Gasteiger partial charge in [0.05, 0.1) is 0 Å². The SMILES string of the molecule is C=CCC(CC)C(C)N. The molecule has 0 bridgehead atoms. The molecule has 2 atom stereocenters. The van der Waals surface area contributed by atoms with Gasteiger partial charge in [-0.1, -0.05) is 19.4 Å². The van der Waals surface area contributed by atoms with Crippen LogP contribution in [0.3, 0.4) is 0 Å². The van der Waals surface area contributed by atoms with Gasteiger partial charge in [0.15, 0.2) is 0 Å². The van der Waals surface area contributed by atoms with Crippen molar-refractivity contribution in [2.75, 3.05) is 0 Å². The van der Waals surface area contributed by atoms with Gasteiger partial charge in [0.2, 0.25) is 0 Å². The molecule has 1 heteroatoms. The molecule has 0 spiro atoms. The lowest BCUT2D eigenvalue weighted by Gasteiger charge is -2.15. The van der Waals surface area contributed by atoms with Crippen molar-refractivity contribution in [2.45, 2.75) is 32.7 Å². The summed E-state index contributed by atoms with van der Waals surface area (Å²) in [6.45, 7) is 7.89. The fourth-order valence-corrected chi connectivity index (χ4v) is 0.967. The summed E-state index contributed by atoms with van der Waals surface area (Å²) in [4.78, 5) is 0. The van der Waals surface area contributed by atoms with E-state index in [-0.39, 0.29) is 0 Å². The normalized spacial score (nSPS) is 16.8. The third-order valence-corrected chi connectivity index (χ3v) is 1.74. The molecule has 1 nitrogen and oxygen atoms in total. The molecule has 0 saturated carbocycles. The highest BCUT2D eigenvalue weighted by Gasteiger charge is 2.07. The van der Waals surface area contributed by atoms with Gasteiger partial charge in [-0.05, 0) is 19.3 Å². The molecule has 9 heavy (non-hydrogen) atoms. The zero-order chi connectivity index (χ0) is 7.28. The molecule has 0 aromatic carbocycles. The first-order valence-corrected chi connectivity index (χ1v) is 3.58. The molecule has 0 amide bonds. The summed E-state index contributed by atoms with van der Waals surface area (Å²) in [6.07, 6.45) is 4.15.